The number of rotatable bonds is 12. The first-order valence-corrected chi connectivity index (χ1v) is 36.9. The number of halogens is 6. The number of hydrogen-bond acceptors (Lipinski definition) is 15. The van der Waals surface area contributed by atoms with Crippen LogP contribution in [0.3, 0.4) is 0 Å². The number of likely N-dealkylation sites (N-methyl/N-ethyl adjacent to an activating group) is 3. The summed E-state index contributed by atoms with van der Waals surface area (Å²) in [6.45, 7) is 5.88. The molecule has 2 unspecified atom stereocenters. The van der Waals surface area contributed by atoms with E-state index in [0.29, 0.717) is 0 Å². The fraction of sp³-hybridized carbons (Fsp3) is 0.311. The molecule has 3 aliphatic heterocycles. The Morgan fingerprint density at radius 3 is 0.918 bits per heavy atom. The van der Waals surface area contributed by atoms with E-state index < -0.39 is 102 Å². The highest BCUT2D eigenvalue weighted by molar-refractivity contribution is 7.87. The third-order valence-corrected chi connectivity index (χ3v) is 25.2. The van der Waals surface area contributed by atoms with Crippen molar-refractivity contribution in [1.29, 1.82) is 0 Å². The molecular weight excluding hydrogens is 1440 g/mol. The first-order valence-electron chi connectivity index (χ1n) is 29.0. The highest BCUT2D eigenvalue weighted by Crippen LogP contribution is 2.42. The number of nitrogens with one attached hydrogen (secondary N) is 6. The Hall–Kier alpha value is -6.93. The number of aromatic nitrogens is 6. The van der Waals surface area contributed by atoms with Crippen LogP contribution in [-0.4, -0.2) is 125 Å². The monoisotopic (exact) mass is 1510 g/mol. The lowest BCUT2D eigenvalue weighted by atomic mass is 10.0. The van der Waals surface area contributed by atoms with Crippen molar-refractivity contribution in [2.75, 3.05) is 37.1 Å². The third kappa shape index (κ3) is 16.9. The van der Waals surface area contributed by atoms with Crippen LogP contribution in [0.15, 0.2) is 110 Å². The summed E-state index contributed by atoms with van der Waals surface area (Å²) in [6, 6.07) is 12.6. The van der Waals surface area contributed by atoms with E-state index in [-0.39, 0.29) is 58.8 Å². The van der Waals surface area contributed by atoms with E-state index >= 15 is 0 Å². The summed E-state index contributed by atoms with van der Waals surface area (Å²) < 4.78 is 133. The van der Waals surface area contributed by atoms with Gasteiger partial charge in [0.2, 0.25) is 17.7 Å². The summed E-state index contributed by atoms with van der Waals surface area (Å²) >= 11 is 21.8. The van der Waals surface area contributed by atoms with Gasteiger partial charge in [0.15, 0.2) is 0 Å². The maximum atomic E-state index is 13.4. The highest BCUT2D eigenvalue weighted by atomic mass is 35.5. The second-order valence-electron chi connectivity index (χ2n) is 22.7. The molecule has 12 rings (SSSR count). The predicted molar refractivity (Wildman–Crippen MR) is 374 cm³/mol. The molecular formula is C61H67Cl3F3N15O9S6. The van der Waals surface area contributed by atoms with Gasteiger partial charge in [-0.2, -0.15) is 67.6 Å². The molecule has 6 atom stereocenters. The molecule has 3 amide bonds. The lowest BCUT2D eigenvalue weighted by Gasteiger charge is -2.35. The van der Waals surface area contributed by atoms with Gasteiger partial charge in [0.1, 0.15) is 35.6 Å². The molecule has 3 fully saturated rings. The third-order valence-electron chi connectivity index (χ3n) is 16.1. The molecule has 36 heteroatoms. The lowest BCUT2D eigenvalue weighted by molar-refractivity contribution is -0.120. The van der Waals surface area contributed by atoms with Crippen LogP contribution in [-0.2, 0) is 66.2 Å². The average Bonchev–Trinajstić information content (AvgIpc) is 1.77. The number of nitrogens with zero attached hydrogens (tertiary/aromatic N) is 9. The van der Waals surface area contributed by atoms with Crippen molar-refractivity contribution in [3.05, 3.63) is 172 Å². The molecule has 9 aromatic rings. The summed E-state index contributed by atoms with van der Waals surface area (Å²) in [6.07, 6.45) is 11.6. The zero-order valence-electron chi connectivity index (χ0n) is 52.4. The highest BCUT2D eigenvalue weighted by Gasteiger charge is 2.44. The van der Waals surface area contributed by atoms with E-state index in [1.807, 2.05) is 78.7 Å². The average molecular weight is 1510 g/mol. The molecule has 0 aliphatic carbocycles. The van der Waals surface area contributed by atoms with Crippen LogP contribution in [0.1, 0.15) is 74.1 Å². The van der Waals surface area contributed by atoms with Gasteiger partial charge in [-0.15, -0.1) is 34.0 Å². The molecule has 3 saturated heterocycles. The molecule has 6 N–H and O–H groups in total. The Bertz CT molecular complexity index is 4340. The SMILES string of the molecule is C.Cc1sc(C2CC(C(=O)Nc3ccc(F)c(Cl)c3)N(C)S(=O)(=O)N2)cc1-c1cnn(C)c1.Cc1sc([C@@H]2C[C@H](C(=O)Nc3ccc(F)c(Cl)c3)N(C)S(=O)(=O)N2)cc1-c1cnn(C)c1.Cc1sc([C@H]2C[C@@H](C(=O)Nc3ccc(F)c(Cl)c3)N(C)S(=O)(=O)N2)cc1-c1cnn(C)c1. The van der Waals surface area contributed by atoms with Crippen LogP contribution >= 0.6 is 68.8 Å². The summed E-state index contributed by atoms with van der Waals surface area (Å²) in [5, 5.41) is 20.1. The first kappa shape index (κ1) is 74.3. The van der Waals surface area contributed by atoms with Gasteiger partial charge in [-0.05, 0) is 130 Å². The van der Waals surface area contributed by atoms with Gasteiger partial charge in [-0.1, -0.05) is 42.2 Å². The van der Waals surface area contributed by atoms with Gasteiger partial charge in [-0.3, -0.25) is 28.4 Å². The van der Waals surface area contributed by atoms with Crippen LogP contribution in [0.5, 0.6) is 0 Å². The second kappa shape index (κ2) is 29.9. The predicted octanol–water partition coefficient (Wildman–Crippen LogP) is 11.0. The van der Waals surface area contributed by atoms with Crippen molar-refractivity contribution in [3.8, 4) is 33.4 Å². The molecule has 0 radical (unpaired) electrons. The molecule has 9 heterocycles. The van der Waals surface area contributed by atoms with E-state index in [9.17, 15) is 52.8 Å². The van der Waals surface area contributed by atoms with Gasteiger partial charge in [-0.25, -0.2) is 13.2 Å². The van der Waals surface area contributed by atoms with E-state index in [1.165, 1.54) is 91.6 Å². The summed E-state index contributed by atoms with van der Waals surface area (Å²) in [5.41, 5.74) is 6.58. The van der Waals surface area contributed by atoms with Gasteiger partial charge in [0, 0.05) is 124 Å². The maximum absolute atomic E-state index is 13.4. The van der Waals surface area contributed by atoms with Gasteiger partial charge >= 0.3 is 0 Å². The van der Waals surface area contributed by atoms with Gasteiger partial charge in [0.25, 0.3) is 30.6 Å². The van der Waals surface area contributed by atoms with E-state index in [4.69, 9.17) is 34.8 Å². The van der Waals surface area contributed by atoms with Crippen molar-refractivity contribution < 1.29 is 52.8 Å². The van der Waals surface area contributed by atoms with Crippen LogP contribution in [0.4, 0.5) is 30.2 Å². The Balaban J connectivity index is 0.000000170. The topological polar surface area (TPSA) is 289 Å². The number of anilines is 3. The number of carbonyl (C=O) groups excluding carboxylic acids is 3. The van der Waals surface area contributed by atoms with Crippen molar-refractivity contribution in [2.45, 2.75) is 83.7 Å². The summed E-state index contributed by atoms with van der Waals surface area (Å²) in [4.78, 5) is 44.3. The number of hydrogen-bond donors (Lipinski definition) is 6. The Kier molecular flexibility index (Phi) is 22.9. The van der Waals surface area contributed by atoms with E-state index in [2.05, 4.69) is 45.4 Å². The number of benzene rings is 3. The zero-order chi connectivity index (χ0) is 69.6. The quantitative estimate of drug-likeness (QED) is 0.0666. The Morgan fingerprint density at radius 1 is 0.454 bits per heavy atom. The molecule has 0 spiro atoms. The molecule has 6 aromatic heterocycles. The zero-order valence-corrected chi connectivity index (χ0v) is 59.6. The molecule has 0 bridgehead atoms. The minimum atomic E-state index is -3.90. The lowest BCUT2D eigenvalue weighted by Crippen LogP contribution is -2.55. The fourth-order valence-electron chi connectivity index (χ4n) is 10.9. The molecule has 24 nitrogen and oxygen atoms in total. The van der Waals surface area contributed by atoms with Crippen LogP contribution < -0.4 is 30.1 Å². The number of carbonyl (C=O) groups is 3. The van der Waals surface area contributed by atoms with Crippen LogP contribution in [0.2, 0.25) is 15.1 Å². The van der Waals surface area contributed by atoms with Crippen molar-refractivity contribution in [2.24, 2.45) is 21.1 Å². The minimum absolute atomic E-state index is 0. The smallest absolute Gasteiger partial charge is 0.280 e. The van der Waals surface area contributed by atoms with Crippen molar-refractivity contribution >= 4 is 134 Å². The Labute approximate surface area is 586 Å². The van der Waals surface area contributed by atoms with Crippen molar-refractivity contribution in [1.82, 2.24) is 56.4 Å². The van der Waals surface area contributed by atoms with Gasteiger partial charge < -0.3 is 16.0 Å². The van der Waals surface area contributed by atoms with Crippen LogP contribution in [0, 0.1) is 38.2 Å². The number of aryl methyl sites for hydroxylation is 6. The van der Waals surface area contributed by atoms with E-state index in [1.54, 1.807) is 32.6 Å². The van der Waals surface area contributed by atoms with Gasteiger partial charge in [0.05, 0.1) is 51.8 Å². The Morgan fingerprint density at radius 2 is 0.701 bits per heavy atom. The summed E-state index contributed by atoms with van der Waals surface area (Å²) in [7, 11) is -2.16. The summed E-state index contributed by atoms with van der Waals surface area (Å²) in [5.74, 6) is -3.39. The normalized spacial score (nSPS) is 20.7. The molecule has 3 aromatic carbocycles. The van der Waals surface area contributed by atoms with Crippen molar-refractivity contribution in [3.63, 3.8) is 0 Å². The molecule has 518 valence electrons. The number of thiophene rings is 3. The van der Waals surface area contributed by atoms with E-state index in [0.717, 1.165) is 93.8 Å². The maximum Gasteiger partial charge on any atom is 0.280 e. The molecule has 97 heavy (non-hydrogen) atoms. The minimum Gasteiger partial charge on any atom is -0.325 e. The fourth-order valence-corrected chi connectivity index (χ4v) is 18.8. The van der Waals surface area contributed by atoms with Crippen LogP contribution in [0.25, 0.3) is 33.4 Å². The molecule has 3 aliphatic rings. The largest absolute Gasteiger partial charge is 0.325 e. The standard InChI is InChI=1S/3C20H21ClFN5O3S2.CH4/c3*1-11-14(12-9-23-26(2)10-12)7-19(31-11)17-8-18(27(3)32(29,30)25-17)20(28)24-13-4-5-16(22)15(21)6-13;/h3*4-7,9-10,17-18,25H,8H2,1-3H3,(H,24,28);1H4/t2*17-,18+;;/m10../s1. The second-order valence-corrected chi connectivity index (χ2v) is 33.1. The molecule has 0 saturated carbocycles. The first-order chi connectivity index (χ1) is 45.1. The number of amides is 3.